The van der Waals surface area contributed by atoms with Crippen LogP contribution < -0.4 is 10.7 Å². The van der Waals surface area contributed by atoms with Crippen molar-refractivity contribution < 1.29 is 22.8 Å². The molecule has 1 heterocycles. The van der Waals surface area contributed by atoms with E-state index in [-0.39, 0.29) is 17.9 Å². The molecular formula is C24H23F3N4O3. The highest BCUT2D eigenvalue weighted by Crippen LogP contribution is 2.30. The number of halogens is 3. The summed E-state index contributed by atoms with van der Waals surface area (Å²) in [5.41, 5.74) is 0.524. The van der Waals surface area contributed by atoms with Gasteiger partial charge in [-0.3, -0.25) is 14.4 Å². The van der Waals surface area contributed by atoms with Crippen molar-refractivity contribution >= 4 is 17.5 Å². The van der Waals surface area contributed by atoms with Crippen molar-refractivity contribution in [2.45, 2.75) is 26.9 Å². The number of aromatic nitrogens is 2. The number of para-hydroxylation sites is 1. The Labute approximate surface area is 193 Å². The maximum atomic E-state index is 13.1. The summed E-state index contributed by atoms with van der Waals surface area (Å²) in [7, 11) is 1.34. The number of rotatable bonds is 5. The third-order valence-electron chi connectivity index (χ3n) is 5.20. The second-order valence-electron chi connectivity index (χ2n) is 7.93. The van der Waals surface area contributed by atoms with Crippen LogP contribution in [0.3, 0.4) is 0 Å². The van der Waals surface area contributed by atoms with E-state index in [1.54, 1.807) is 0 Å². The topological polar surface area (TPSA) is 84.3 Å². The van der Waals surface area contributed by atoms with Gasteiger partial charge in [0.1, 0.15) is 0 Å². The van der Waals surface area contributed by atoms with E-state index in [1.165, 1.54) is 26.1 Å². The first-order chi connectivity index (χ1) is 15.9. The molecule has 0 aliphatic heterocycles. The summed E-state index contributed by atoms with van der Waals surface area (Å²) in [6, 6.07) is 11.0. The average molecular weight is 472 g/mol. The van der Waals surface area contributed by atoms with E-state index >= 15 is 0 Å². The van der Waals surface area contributed by atoms with Crippen molar-refractivity contribution in [3.63, 3.8) is 0 Å². The van der Waals surface area contributed by atoms with Crippen molar-refractivity contribution in [1.82, 2.24) is 14.7 Å². The number of aryl methyl sites for hydroxylation is 3. The summed E-state index contributed by atoms with van der Waals surface area (Å²) >= 11 is 0. The zero-order chi connectivity index (χ0) is 25.2. The molecule has 0 aliphatic rings. The fraction of sp³-hybridized carbons (Fsp3) is 0.250. The lowest BCUT2D eigenvalue weighted by atomic mass is 10.1. The lowest BCUT2D eigenvalue weighted by Crippen LogP contribution is -2.38. The monoisotopic (exact) mass is 472 g/mol. The van der Waals surface area contributed by atoms with Gasteiger partial charge in [0.05, 0.1) is 17.8 Å². The summed E-state index contributed by atoms with van der Waals surface area (Å²) in [6.07, 6.45) is -4.56. The number of alkyl halides is 3. The van der Waals surface area contributed by atoms with Gasteiger partial charge in [0.2, 0.25) is 11.3 Å². The fourth-order valence-corrected chi connectivity index (χ4v) is 3.43. The first-order valence-corrected chi connectivity index (χ1v) is 10.3. The van der Waals surface area contributed by atoms with Crippen molar-refractivity contribution in [3.05, 3.63) is 86.8 Å². The molecule has 0 saturated carbocycles. The predicted molar refractivity (Wildman–Crippen MR) is 121 cm³/mol. The van der Waals surface area contributed by atoms with Gasteiger partial charge in [-0.2, -0.15) is 18.3 Å². The highest BCUT2D eigenvalue weighted by molar-refractivity contribution is 5.98. The van der Waals surface area contributed by atoms with Crippen LogP contribution in [-0.2, 0) is 11.0 Å². The number of likely N-dealkylation sites (N-methyl/N-ethyl adjacent to an activating group) is 1. The molecule has 0 atom stereocenters. The van der Waals surface area contributed by atoms with Crippen LogP contribution in [0.4, 0.5) is 18.9 Å². The maximum Gasteiger partial charge on any atom is 0.416 e. The van der Waals surface area contributed by atoms with Crippen LogP contribution in [0, 0.1) is 20.8 Å². The lowest BCUT2D eigenvalue weighted by molar-refractivity contribution is -0.137. The molecule has 0 saturated heterocycles. The minimum atomic E-state index is -4.56. The van der Waals surface area contributed by atoms with Gasteiger partial charge in [-0.1, -0.05) is 24.3 Å². The smallest absolute Gasteiger partial charge is 0.331 e. The van der Waals surface area contributed by atoms with Gasteiger partial charge in [0, 0.05) is 24.5 Å². The Morgan fingerprint density at radius 1 is 1.03 bits per heavy atom. The third-order valence-corrected chi connectivity index (χ3v) is 5.20. The molecule has 34 heavy (non-hydrogen) atoms. The molecule has 0 unspecified atom stereocenters. The van der Waals surface area contributed by atoms with Gasteiger partial charge in [-0.05, 0) is 50.1 Å². The van der Waals surface area contributed by atoms with Crippen molar-refractivity contribution in [2.24, 2.45) is 0 Å². The first kappa shape index (κ1) is 24.7. The second kappa shape index (κ2) is 9.50. The number of anilines is 1. The van der Waals surface area contributed by atoms with E-state index in [1.807, 2.05) is 32.0 Å². The van der Waals surface area contributed by atoms with E-state index in [4.69, 9.17) is 0 Å². The molecule has 1 aromatic heterocycles. The Balaban J connectivity index is 1.86. The summed E-state index contributed by atoms with van der Waals surface area (Å²) in [6.45, 7) is 4.81. The van der Waals surface area contributed by atoms with Crippen LogP contribution in [0.15, 0.2) is 53.3 Å². The number of benzene rings is 2. The molecule has 7 nitrogen and oxygen atoms in total. The number of hydrogen-bond donors (Lipinski definition) is 1. The highest BCUT2D eigenvalue weighted by atomic mass is 19.4. The van der Waals surface area contributed by atoms with Gasteiger partial charge in [-0.15, -0.1) is 0 Å². The van der Waals surface area contributed by atoms with Crippen molar-refractivity contribution in [3.8, 4) is 5.69 Å². The molecule has 178 valence electrons. The van der Waals surface area contributed by atoms with Crippen LogP contribution in [-0.4, -0.2) is 40.1 Å². The number of carbonyl (C=O) groups is 2. The van der Waals surface area contributed by atoms with Crippen LogP contribution in [0.5, 0.6) is 0 Å². The molecule has 0 aliphatic carbocycles. The lowest BCUT2D eigenvalue weighted by Gasteiger charge is -2.19. The molecule has 3 rings (SSSR count). The fourth-order valence-electron chi connectivity index (χ4n) is 3.43. The highest BCUT2D eigenvalue weighted by Gasteiger charge is 2.31. The number of nitrogens with zero attached hydrogens (tertiary/aromatic N) is 3. The predicted octanol–water partition coefficient (Wildman–Crippen LogP) is 3.89. The second-order valence-corrected chi connectivity index (χ2v) is 7.93. The van der Waals surface area contributed by atoms with Crippen LogP contribution in [0.2, 0.25) is 0 Å². The van der Waals surface area contributed by atoms with E-state index in [2.05, 4.69) is 10.4 Å². The number of nitrogens with one attached hydrogen (secondary N) is 1. The maximum absolute atomic E-state index is 13.1. The van der Waals surface area contributed by atoms with Gasteiger partial charge in [0.25, 0.3) is 5.91 Å². The van der Waals surface area contributed by atoms with E-state index in [0.29, 0.717) is 5.69 Å². The SMILES string of the molecule is Cc1cccc(C)c1NC(=O)CN(C)C(=O)c1nn(-c2cccc(C(F)(F)F)c2)c(C)cc1=O. The summed E-state index contributed by atoms with van der Waals surface area (Å²) in [4.78, 5) is 38.9. The van der Waals surface area contributed by atoms with Crippen LogP contribution in [0.1, 0.15) is 32.9 Å². The third kappa shape index (κ3) is 5.33. The largest absolute Gasteiger partial charge is 0.416 e. The van der Waals surface area contributed by atoms with E-state index < -0.39 is 34.7 Å². The molecule has 2 amide bonds. The molecule has 10 heteroatoms. The summed E-state index contributed by atoms with van der Waals surface area (Å²) in [5, 5.41) is 6.77. The van der Waals surface area contributed by atoms with Gasteiger partial charge < -0.3 is 10.2 Å². The zero-order valence-electron chi connectivity index (χ0n) is 19.0. The number of carbonyl (C=O) groups excluding carboxylic acids is 2. The molecule has 3 aromatic rings. The molecule has 2 aromatic carbocycles. The van der Waals surface area contributed by atoms with Gasteiger partial charge >= 0.3 is 6.18 Å². The average Bonchev–Trinajstić information content (AvgIpc) is 2.75. The quantitative estimate of drug-likeness (QED) is 0.611. The Bertz CT molecular complexity index is 1300. The Hall–Kier alpha value is -3.95. The Morgan fingerprint density at radius 2 is 1.65 bits per heavy atom. The number of amides is 2. The van der Waals surface area contributed by atoms with Crippen LogP contribution >= 0.6 is 0 Å². The van der Waals surface area contributed by atoms with Crippen molar-refractivity contribution in [1.29, 1.82) is 0 Å². The standard InChI is InChI=1S/C24H23F3N4O3/c1-14-7-5-8-15(2)21(14)28-20(33)13-30(4)23(34)22-19(32)11-16(3)31(29-22)18-10-6-9-17(12-18)24(25,26)27/h5-12H,13H2,1-4H3,(H,28,33). The molecule has 0 radical (unpaired) electrons. The molecule has 0 spiro atoms. The molecular weight excluding hydrogens is 449 g/mol. The van der Waals surface area contributed by atoms with Gasteiger partial charge in [0.15, 0.2) is 5.69 Å². The summed E-state index contributed by atoms with van der Waals surface area (Å²) in [5.74, 6) is -1.30. The summed E-state index contributed by atoms with van der Waals surface area (Å²) < 4.78 is 40.4. The number of hydrogen-bond acceptors (Lipinski definition) is 4. The minimum absolute atomic E-state index is 0.0387. The van der Waals surface area contributed by atoms with Gasteiger partial charge in [-0.25, -0.2) is 4.68 Å². The molecule has 0 fully saturated rings. The normalized spacial score (nSPS) is 11.3. The Morgan fingerprint density at radius 3 is 2.26 bits per heavy atom. The van der Waals surface area contributed by atoms with E-state index in [0.717, 1.165) is 38.9 Å². The molecule has 1 N–H and O–H groups in total. The minimum Gasteiger partial charge on any atom is -0.331 e. The van der Waals surface area contributed by atoms with E-state index in [9.17, 15) is 27.6 Å². The first-order valence-electron chi connectivity index (χ1n) is 10.3. The Kier molecular flexibility index (Phi) is 6.90. The molecule has 0 bridgehead atoms. The van der Waals surface area contributed by atoms with Crippen molar-refractivity contribution in [2.75, 3.05) is 18.9 Å². The zero-order valence-corrected chi connectivity index (χ0v) is 19.0. The van der Waals surface area contributed by atoms with Crippen LogP contribution in [0.25, 0.3) is 5.69 Å².